The van der Waals surface area contributed by atoms with Gasteiger partial charge in [0.2, 0.25) is 0 Å². The number of hydrogen-bond donors (Lipinski definition) is 0. The Hall–Kier alpha value is -1.28. The summed E-state index contributed by atoms with van der Waals surface area (Å²) in [5, 5.41) is 1.37. The summed E-state index contributed by atoms with van der Waals surface area (Å²) >= 11 is 0. The van der Waals surface area contributed by atoms with E-state index in [0.717, 1.165) is 13.1 Å². The fraction of sp³-hybridized carbons (Fsp3) is 0.385. The molecule has 0 fully saturated rings. The Morgan fingerprint density at radius 1 is 1.20 bits per heavy atom. The Kier molecular flexibility index (Phi) is 2.78. The van der Waals surface area contributed by atoms with Crippen LogP contribution in [0.3, 0.4) is 0 Å². The van der Waals surface area contributed by atoms with Crippen LogP contribution < -0.4 is 0 Å². The number of likely N-dealkylation sites (N-methyl/N-ethyl adjacent to an activating group) is 1. The first-order valence-corrected chi connectivity index (χ1v) is 5.37. The van der Waals surface area contributed by atoms with E-state index >= 15 is 0 Å². The minimum Gasteiger partial charge on any atom is -0.346 e. The van der Waals surface area contributed by atoms with Gasteiger partial charge in [-0.25, -0.2) is 0 Å². The second kappa shape index (κ2) is 4.07. The van der Waals surface area contributed by atoms with Crippen molar-refractivity contribution in [3.8, 4) is 0 Å². The summed E-state index contributed by atoms with van der Waals surface area (Å²) in [6, 6.07) is 8.70. The highest BCUT2D eigenvalue weighted by atomic mass is 15.1. The Morgan fingerprint density at radius 3 is 2.73 bits per heavy atom. The summed E-state index contributed by atoms with van der Waals surface area (Å²) in [5.74, 6) is 0. The van der Waals surface area contributed by atoms with Crippen molar-refractivity contribution < 1.29 is 0 Å². The molecule has 2 nitrogen and oxygen atoms in total. The molecule has 0 radical (unpaired) electrons. The SMILES string of the molecule is Cc1cccc2c1ccn2CCN(C)C. The molecule has 0 N–H and O–H groups in total. The molecule has 2 rings (SSSR count). The van der Waals surface area contributed by atoms with Crippen molar-refractivity contribution in [2.24, 2.45) is 0 Å². The van der Waals surface area contributed by atoms with E-state index in [1.54, 1.807) is 0 Å². The molecular formula is C13H18N2. The first-order chi connectivity index (χ1) is 7.18. The van der Waals surface area contributed by atoms with E-state index in [-0.39, 0.29) is 0 Å². The normalized spacial score (nSPS) is 11.5. The van der Waals surface area contributed by atoms with Crippen LogP contribution in [0, 0.1) is 6.92 Å². The largest absolute Gasteiger partial charge is 0.346 e. The van der Waals surface area contributed by atoms with Crippen molar-refractivity contribution in [3.63, 3.8) is 0 Å². The Bertz CT molecular complexity index is 455. The van der Waals surface area contributed by atoms with E-state index < -0.39 is 0 Å². The van der Waals surface area contributed by atoms with E-state index in [2.05, 4.69) is 60.9 Å². The molecule has 0 saturated heterocycles. The molecule has 80 valence electrons. The van der Waals surface area contributed by atoms with Gasteiger partial charge in [-0.15, -0.1) is 0 Å². The lowest BCUT2D eigenvalue weighted by atomic mass is 10.1. The van der Waals surface area contributed by atoms with E-state index in [0.29, 0.717) is 0 Å². The smallest absolute Gasteiger partial charge is 0.0483 e. The number of benzene rings is 1. The van der Waals surface area contributed by atoms with Crippen molar-refractivity contribution >= 4 is 10.9 Å². The Morgan fingerprint density at radius 2 is 2.00 bits per heavy atom. The van der Waals surface area contributed by atoms with Crippen molar-refractivity contribution in [1.82, 2.24) is 9.47 Å². The third kappa shape index (κ3) is 2.05. The summed E-state index contributed by atoms with van der Waals surface area (Å²) in [6.07, 6.45) is 2.18. The molecule has 15 heavy (non-hydrogen) atoms. The number of hydrogen-bond acceptors (Lipinski definition) is 1. The van der Waals surface area contributed by atoms with Gasteiger partial charge in [0.05, 0.1) is 0 Å². The van der Waals surface area contributed by atoms with Gasteiger partial charge in [0.15, 0.2) is 0 Å². The van der Waals surface area contributed by atoms with Crippen LogP contribution >= 0.6 is 0 Å². The lowest BCUT2D eigenvalue weighted by molar-refractivity contribution is 0.387. The van der Waals surface area contributed by atoms with Gasteiger partial charge >= 0.3 is 0 Å². The fourth-order valence-corrected chi connectivity index (χ4v) is 1.88. The van der Waals surface area contributed by atoms with Gasteiger partial charge in [-0.3, -0.25) is 0 Å². The standard InChI is InChI=1S/C13H18N2/c1-11-5-4-6-13-12(11)7-8-15(13)10-9-14(2)3/h4-8H,9-10H2,1-3H3. The van der Waals surface area contributed by atoms with Crippen molar-refractivity contribution in [1.29, 1.82) is 0 Å². The number of aryl methyl sites for hydroxylation is 1. The van der Waals surface area contributed by atoms with Crippen molar-refractivity contribution in [2.75, 3.05) is 20.6 Å². The fourth-order valence-electron chi connectivity index (χ4n) is 1.88. The van der Waals surface area contributed by atoms with Gasteiger partial charge in [-0.05, 0) is 38.7 Å². The van der Waals surface area contributed by atoms with Crippen LogP contribution in [-0.2, 0) is 6.54 Å². The topological polar surface area (TPSA) is 8.17 Å². The highest BCUT2D eigenvalue weighted by Crippen LogP contribution is 2.19. The molecule has 1 aromatic carbocycles. The van der Waals surface area contributed by atoms with E-state index in [1.165, 1.54) is 16.5 Å². The summed E-state index contributed by atoms with van der Waals surface area (Å²) < 4.78 is 2.32. The average molecular weight is 202 g/mol. The zero-order valence-electron chi connectivity index (χ0n) is 9.70. The van der Waals surface area contributed by atoms with Crippen LogP contribution in [0.5, 0.6) is 0 Å². The number of rotatable bonds is 3. The third-order valence-electron chi connectivity index (χ3n) is 2.82. The molecule has 1 aromatic heterocycles. The van der Waals surface area contributed by atoms with Gasteiger partial charge < -0.3 is 9.47 Å². The van der Waals surface area contributed by atoms with Gasteiger partial charge in [-0.1, -0.05) is 12.1 Å². The van der Waals surface area contributed by atoms with Crippen LogP contribution in [0.2, 0.25) is 0 Å². The van der Waals surface area contributed by atoms with E-state index in [4.69, 9.17) is 0 Å². The van der Waals surface area contributed by atoms with Crippen LogP contribution in [0.1, 0.15) is 5.56 Å². The number of nitrogens with zero attached hydrogens (tertiary/aromatic N) is 2. The van der Waals surface area contributed by atoms with Crippen LogP contribution in [0.4, 0.5) is 0 Å². The monoisotopic (exact) mass is 202 g/mol. The zero-order chi connectivity index (χ0) is 10.8. The quantitative estimate of drug-likeness (QED) is 0.742. The molecule has 2 heteroatoms. The second-order valence-electron chi connectivity index (χ2n) is 4.32. The van der Waals surface area contributed by atoms with Crippen LogP contribution in [0.15, 0.2) is 30.5 Å². The summed E-state index contributed by atoms with van der Waals surface area (Å²) in [7, 11) is 4.22. The molecule has 1 heterocycles. The lowest BCUT2D eigenvalue weighted by Gasteiger charge is -2.11. The average Bonchev–Trinajstić information content (AvgIpc) is 2.59. The minimum absolute atomic E-state index is 1.06. The molecule has 2 aromatic rings. The molecule has 0 bridgehead atoms. The van der Waals surface area contributed by atoms with Gasteiger partial charge in [0.1, 0.15) is 0 Å². The number of aromatic nitrogens is 1. The van der Waals surface area contributed by atoms with Gasteiger partial charge in [0, 0.05) is 30.2 Å². The molecule has 0 saturated carbocycles. The molecule has 0 unspecified atom stereocenters. The third-order valence-corrected chi connectivity index (χ3v) is 2.82. The Balaban J connectivity index is 2.33. The van der Waals surface area contributed by atoms with Crippen molar-refractivity contribution in [2.45, 2.75) is 13.5 Å². The summed E-state index contributed by atoms with van der Waals surface area (Å²) in [4.78, 5) is 2.21. The predicted molar refractivity (Wildman–Crippen MR) is 65.2 cm³/mol. The van der Waals surface area contributed by atoms with Crippen LogP contribution in [-0.4, -0.2) is 30.1 Å². The molecule has 0 aliphatic heterocycles. The molecule has 0 amide bonds. The molecule has 0 atom stereocenters. The maximum atomic E-state index is 2.32. The molecule has 0 aliphatic carbocycles. The predicted octanol–water partition coefficient (Wildman–Crippen LogP) is 2.51. The van der Waals surface area contributed by atoms with Gasteiger partial charge in [0.25, 0.3) is 0 Å². The first kappa shape index (κ1) is 10.2. The van der Waals surface area contributed by atoms with Gasteiger partial charge in [-0.2, -0.15) is 0 Å². The van der Waals surface area contributed by atoms with Crippen LogP contribution in [0.25, 0.3) is 10.9 Å². The maximum absolute atomic E-state index is 2.32. The highest BCUT2D eigenvalue weighted by Gasteiger charge is 2.02. The molecule has 0 spiro atoms. The summed E-state index contributed by atoms with van der Waals surface area (Å²) in [5.41, 5.74) is 2.70. The van der Waals surface area contributed by atoms with E-state index in [9.17, 15) is 0 Å². The highest BCUT2D eigenvalue weighted by molar-refractivity contribution is 5.83. The lowest BCUT2D eigenvalue weighted by Crippen LogP contribution is -2.17. The zero-order valence-corrected chi connectivity index (χ0v) is 9.70. The minimum atomic E-state index is 1.06. The summed E-state index contributed by atoms with van der Waals surface area (Å²) in [6.45, 7) is 4.30. The molecule has 0 aliphatic rings. The van der Waals surface area contributed by atoms with E-state index in [1.807, 2.05) is 0 Å². The second-order valence-corrected chi connectivity index (χ2v) is 4.32. The number of fused-ring (bicyclic) bond motifs is 1. The van der Waals surface area contributed by atoms with Crippen molar-refractivity contribution in [3.05, 3.63) is 36.0 Å². The molecular weight excluding hydrogens is 184 g/mol. The maximum Gasteiger partial charge on any atom is 0.0483 e. The Labute approximate surface area is 91.1 Å². The first-order valence-electron chi connectivity index (χ1n) is 5.37.